The molecule has 0 saturated heterocycles. The molecule has 2 heterocycles. The number of fused-ring (bicyclic) bond motifs is 1. The van der Waals surface area contributed by atoms with E-state index in [1.807, 2.05) is 6.92 Å². The first-order valence-electron chi connectivity index (χ1n) is 19.3. The largest absolute Gasteiger partial charge is 0.495 e. The zero-order valence-electron chi connectivity index (χ0n) is 35.3. The van der Waals surface area contributed by atoms with Crippen LogP contribution in [0.1, 0.15) is 66.4 Å². The Morgan fingerprint density at radius 1 is 0.902 bits per heavy atom. The van der Waals surface area contributed by atoms with Crippen molar-refractivity contribution in [2.75, 3.05) is 23.6 Å². The van der Waals surface area contributed by atoms with Crippen LogP contribution in [0, 0.1) is 11.7 Å². The number of nitrogens with zero attached hydrogens (tertiary/aromatic N) is 4. The van der Waals surface area contributed by atoms with Crippen LogP contribution < -0.4 is 20.3 Å². The van der Waals surface area contributed by atoms with Crippen molar-refractivity contribution < 1.29 is 50.9 Å². The maximum Gasteiger partial charge on any atom is 0.424 e. The lowest BCUT2D eigenvalue weighted by atomic mass is 9.99. The van der Waals surface area contributed by atoms with E-state index in [2.05, 4.69) is 20.7 Å². The van der Waals surface area contributed by atoms with Gasteiger partial charge in [-0.2, -0.15) is 4.98 Å². The SMILES string of the molecule is CC[C@H](C)[C@H](NC(=O)OC(C)(C)C)C(=O)OC(C)OC(=O)N(c1nc2ccc(-c3ccc(NC(=O)C(C)c4ccc(F)cc4)cc3)cn2n1)c1ccc(S(C)(=O)=O)cc1OC. The first-order valence-corrected chi connectivity index (χ1v) is 21.2. The number of carbonyl (C=O) groups excluding carboxylic acids is 4. The fraction of sp³-hybridized carbons (Fsp3) is 0.349. The van der Waals surface area contributed by atoms with Crippen molar-refractivity contribution in [3.8, 4) is 16.9 Å². The molecule has 2 unspecified atom stereocenters. The zero-order valence-corrected chi connectivity index (χ0v) is 36.1. The van der Waals surface area contributed by atoms with E-state index in [1.165, 1.54) is 48.9 Å². The van der Waals surface area contributed by atoms with Gasteiger partial charge in [-0.25, -0.2) is 36.6 Å². The number of aromatic nitrogens is 3. The quantitative estimate of drug-likeness (QED) is 0.0813. The van der Waals surface area contributed by atoms with E-state index in [0.717, 1.165) is 16.7 Å². The van der Waals surface area contributed by atoms with Gasteiger partial charge in [0.25, 0.3) is 5.95 Å². The van der Waals surface area contributed by atoms with Crippen LogP contribution in [0.25, 0.3) is 16.8 Å². The van der Waals surface area contributed by atoms with Gasteiger partial charge in [0, 0.05) is 36.7 Å². The third-order valence-electron chi connectivity index (χ3n) is 9.46. The second-order valence-electron chi connectivity index (χ2n) is 15.3. The van der Waals surface area contributed by atoms with Crippen molar-refractivity contribution in [2.24, 2.45) is 5.92 Å². The van der Waals surface area contributed by atoms with Crippen molar-refractivity contribution in [1.29, 1.82) is 0 Å². The first kappa shape index (κ1) is 45.5. The normalized spacial score (nSPS) is 13.6. The Balaban J connectivity index is 1.41. The maximum atomic E-state index is 14.1. The van der Waals surface area contributed by atoms with Gasteiger partial charge in [0.05, 0.1) is 23.6 Å². The van der Waals surface area contributed by atoms with E-state index in [1.54, 1.807) is 89.3 Å². The minimum Gasteiger partial charge on any atom is -0.495 e. The predicted octanol–water partition coefficient (Wildman–Crippen LogP) is 7.79. The molecule has 2 N–H and O–H groups in total. The van der Waals surface area contributed by atoms with Gasteiger partial charge in [0.1, 0.15) is 23.2 Å². The summed E-state index contributed by atoms with van der Waals surface area (Å²) in [6, 6.07) is 19.0. The summed E-state index contributed by atoms with van der Waals surface area (Å²) in [5.41, 5.74) is 2.16. The smallest absolute Gasteiger partial charge is 0.424 e. The molecule has 0 aliphatic heterocycles. The summed E-state index contributed by atoms with van der Waals surface area (Å²) in [4.78, 5) is 58.4. The molecule has 2 aromatic heterocycles. The lowest BCUT2D eigenvalue weighted by Gasteiger charge is -2.27. The molecule has 0 aliphatic rings. The summed E-state index contributed by atoms with van der Waals surface area (Å²) < 4.78 is 61.6. The Labute approximate surface area is 353 Å². The highest BCUT2D eigenvalue weighted by Gasteiger charge is 2.34. The van der Waals surface area contributed by atoms with Crippen molar-refractivity contribution in [2.45, 2.75) is 83.6 Å². The molecule has 0 bridgehead atoms. The summed E-state index contributed by atoms with van der Waals surface area (Å²) >= 11 is 0. The van der Waals surface area contributed by atoms with E-state index >= 15 is 0 Å². The molecule has 3 amide bonds. The van der Waals surface area contributed by atoms with Gasteiger partial charge in [-0.15, -0.1) is 5.10 Å². The molecule has 16 nitrogen and oxygen atoms in total. The highest BCUT2D eigenvalue weighted by Crippen LogP contribution is 2.36. The van der Waals surface area contributed by atoms with E-state index in [4.69, 9.17) is 18.9 Å². The second-order valence-corrected chi connectivity index (χ2v) is 17.3. The number of hydrogen-bond acceptors (Lipinski definition) is 12. The maximum absolute atomic E-state index is 14.1. The summed E-state index contributed by atoms with van der Waals surface area (Å²) in [5, 5.41) is 9.97. The second kappa shape index (κ2) is 18.8. The number of rotatable bonds is 14. The van der Waals surface area contributed by atoms with Crippen LogP contribution in [0.4, 0.5) is 31.3 Å². The lowest BCUT2D eigenvalue weighted by molar-refractivity contribution is -0.168. The average molecular weight is 861 g/mol. The van der Waals surface area contributed by atoms with Crippen LogP contribution in [-0.4, -0.2) is 78.4 Å². The third kappa shape index (κ3) is 11.6. The molecule has 18 heteroatoms. The van der Waals surface area contributed by atoms with Crippen LogP contribution in [0.15, 0.2) is 90.0 Å². The highest BCUT2D eigenvalue weighted by molar-refractivity contribution is 7.90. The van der Waals surface area contributed by atoms with Crippen molar-refractivity contribution in [3.05, 3.63) is 96.4 Å². The predicted molar refractivity (Wildman–Crippen MR) is 225 cm³/mol. The Morgan fingerprint density at radius 3 is 2.16 bits per heavy atom. The molecule has 4 atom stereocenters. The fourth-order valence-electron chi connectivity index (χ4n) is 5.96. The number of pyridine rings is 1. The number of benzene rings is 3. The summed E-state index contributed by atoms with van der Waals surface area (Å²) in [6.45, 7) is 11.7. The van der Waals surface area contributed by atoms with Gasteiger partial charge < -0.3 is 29.6 Å². The number of methoxy groups -OCH3 is 1. The number of esters is 1. The van der Waals surface area contributed by atoms with E-state index in [9.17, 15) is 32.0 Å². The molecular formula is C43H49FN6O10S. The number of nitrogens with one attached hydrogen (secondary N) is 2. The number of carbonyl (C=O) groups is 4. The fourth-order valence-corrected chi connectivity index (χ4v) is 6.59. The molecule has 324 valence electrons. The number of ether oxygens (including phenoxy) is 4. The van der Waals surface area contributed by atoms with Crippen molar-refractivity contribution in [3.63, 3.8) is 0 Å². The van der Waals surface area contributed by atoms with Crippen molar-refractivity contribution in [1.82, 2.24) is 19.9 Å². The van der Waals surface area contributed by atoms with Gasteiger partial charge in [0.2, 0.25) is 12.2 Å². The monoisotopic (exact) mass is 860 g/mol. The Morgan fingerprint density at radius 2 is 1.56 bits per heavy atom. The third-order valence-corrected chi connectivity index (χ3v) is 10.6. The minimum atomic E-state index is -3.69. The molecule has 0 saturated carbocycles. The van der Waals surface area contributed by atoms with Gasteiger partial charge in [-0.05, 0) is 93.3 Å². The van der Waals surface area contributed by atoms with E-state index < -0.39 is 51.8 Å². The molecule has 0 spiro atoms. The lowest BCUT2D eigenvalue weighted by Crippen LogP contribution is -2.48. The molecule has 0 aliphatic carbocycles. The Hall–Kier alpha value is -6.56. The highest BCUT2D eigenvalue weighted by atomic mass is 32.2. The average Bonchev–Trinajstić information content (AvgIpc) is 3.61. The Bertz CT molecular complexity index is 2510. The van der Waals surface area contributed by atoms with E-state index in [0.29, 0.717) is 28.9 Å². The standard InChI is InChI=1S/C43H49FN6O10S/c1-10-25(2)37(47-41(53)60-43(5,6)7)39(52)58-27(4)59-42(54)50(34-21-20-33(61(9,55)56)23-35(34)57-8)40-46-36-22-15-30(24-49(36)48-40)29-13-18-32(19-14-29)45-38(51)26(3)28-11-16-31(44)17-12-28/h11-27,37H,10H2,1-9H3,(H,45,51)(H,47,53)/t25-,26?,27?,37-/m0/s1. The molecular weight excluding hydrogens is 812 g/mol. The van der Waals surface area contributed by atoms with Crippen LogP contribution in [-0.2, 0) is 33.6 Å². The van der Waals surface area contributed by atoms with Crippen LogP contribution in [0.2, 0.25) is 0 Å². The topological polar surface area (TPSA) is 197 Å². The summed E-state index contributed by atoms with van der Waals surface area (Å²) in [7, 11) is -2.40. The number of alkyl carbamates (subject to hydrolysis) is 1. The molecule has 0 radical (unpaired) electrons. The Kier molecular flexibility index (Phi) is 14.0. The van der Waals surface area contributed by atoms with Crippen LogP contribution in [0.5, 0.6) is 5.75 Å². The van der Waals surface area contributed by atoms with Crippen molar-refractivity contribution >= 4 is 56.9 Å². The number of hydrogen-bond donors (Lipinski definition) is 2. The van der Waals surface area contributed by atoms with E-state index in [-0.39, 0.29) is 39.9 Å². The van der Waals surface area contributed by atoms with Gasteiger partial charge in [-0.3, -0.25) is 4.79 Å². The van der Waals surface area contributed by atoms with Gasteiger partial charge >= 0.3 is 18.2 Å². The van der Waals surface area contributed by atoms with Gasteiger partial charge in [0.15, 0.2) is 15.5 Å². The summed E-state index contributed by atoms with van der Waals surface area (Å²) in [6.07, 6.45) is -0.265. The molecule has 5 aromatic rings. The number of amides is 3. The first-order chi connectivity index (χ1) is 28.7. The summed E-state index contributed by atoms with van der Waals surface area (Å²) in [5.74, 6) is -2.68. The van der Waals surface area contributed by atoms with Gasteiger partial charge in [-0.1, -0.05) is 44.5 Å². The minimum absolute atomic E-state index is 0.00464. The van der Waals surface area contributed by atoms with Crippen LogP contribution >= 0.6 is 0 Å². The molecule has 0 fully saturated rings. The molecule has 5 rings (SSSR count). The molecule has 61 heavy (non-hydrogen) atoms. The number of halogens is 1. The molecule has 3 aromatic carbocycles. The number of sulfone groups is 1. The zero-order chi connectivity index (χ0) is 44.8. The number of anilines is 3. The van der Waals surface area contributed by atoms with Crippen LogP contribution in [0.3, 0.4) is 0 Å².